The van der Waals surface area contributed by atoms with Crippen molar-refractivity contribution in [3.63, 3.8) is 0 Å². The van der Waals surface area contributed by atoms with Crippen LogP contribution >= 0.6 is 12.4 Å². The van der Waals surface area contributed by atoms with Crippen LogP contribution in [0.25, 0.3) is 0 Å². The van der Waals surface area contributed by atoms with Gasteiger partial charge in [0.05, 0.1) is 11.6 Å². The number of hydrogen-bond acceptors (Lipinski definition) is 2. The molecule has 0 heterocycles. The van der Waals surface area contributed by atoms with Gasteiger partial charge in [-0.1, -0.05) is 12.1 Å². The number of benzene rings is 1. The first kappa shape index (κ1) is 11.0. The van der Waals surface area contributed by atoms with Crippen molar-refractivity contribution in [3.05, 3.63) is 35.4 Å². The summed E-state index contributed by atoms with van der Waals surface area (Å²) in [4.78, 5) is 0. The molecule has 0 unspecified atom stereocenters. The van der Waals surface area contributed by atoms with Crippen molar-refractivity contribution >= 4 is 12.4 Å². The van der Waals surface area contributed by atoms with Crippen LogP contribution in [0.15, 0.2) is 24.3 Å². The number of nitrogens with two attached hydrogens (primary N) is 1. The quantitative estimate of drug-likeness (QED) is 0.722. The first-order chi connectivity index (χ1) is 5.24. The molecule has 0 fully saturated rings. The van der Waals surface area contributed by atoms with Gasteiger partial charge < -0.3 is 5.73 Å². The lowest BCUT2D eigenvalue weighted by atomic mass is 10.1. The van der Waals surface area contributed by atoms with E-state index in [1.165, 1.54) is 0 Å². The Hall–Kier alpha value is -1.04. The molecule has 0 bridgehead atoms. The Morgan fingerprint density at radius 3 is 2.67 bits per heavy atom. The Labute approximate surface area is 78.4 Å². The van der Waals surface area contributed by atoms with E-state index >= 15 is 0 Å². The summed E-state index contributed by atoms with van der Waals surface area (Å²) in [6.07, 6.45) is 0. The number of nitriles is 1. The molecule has 0 radical (unpaired) electrons. The Morgan fingerprint density at radius 2 is 2.17 bits per heavy atom. The molecule has 1 rings (SSSR count). The molecule has 1 atom stereocenters. The van der Waals surface area contributed by atoms with Gasteiger partial charge in [-0.25, -0.2) is 0 Å². The van der Waals surface area contributed by atoms with Crippen LogP contribution in [-0.2, 0) is 0 Å². The zero-order valence-electron chi connectivity index (χ0n) is 6.82. The summed E-state index contributed by atoms with van der Waals surface area (Å²) in [5, 5.41) is 8.55. The summed E-state index contributed by atoms with van der Waals surface area (Å²) >= 11 is 0. The molecule has 0 saturated carbocycles. The number of nitrogens with zero attached hydrogens (tertiary/aromatic N) is 1. The van der Waals surface area contributed by atoms with Gasteiger partial charge in [-0.15, -0.1) is 12.4 Å². The molecule has 0 aliphatic carbocycles. The van der Waals surface area contributed by atoms with E-state index in [4.69, 9.17) is 11.0 Å². The zero-order valence-corrected chi connectivity index (χ0v) is 7.64. The molecule has 12 heavy (non-hydrogen) atoms. The minimum atomic E-state index is 0. The summed E-state index contributed by atoms with van der Waals surface area (Å²) in [5.74, 6) is 0. The first-order valence-corrected chi connectivity index (χ1v) is 3.49. The molecule has 0 amide bonds. The summed E-state index contributed by atoms with van der Waals surface area (Å²) < 4.78 is 0. The van der Waals surface area contributed by atoms with Crippen molar-refractivity contribution in [2.45, 2.75) is 13.0 Å². The van der Waals surface area contributed by atoms with E-state index in [9.17, 15) is 0 Å². The van der Waals surface area contributed by atoms with Crippen LogP contribution in [0.1, 0.15) is 24.1 Å². The monoisotopic (exact) mass is 182 g/mol. The molecule has 0 spiro atoms. The van der Waals surface area contributed by atoms with E-state index in [-0.39, 0.29) is 18.4 Å². The summed E-state index contributed by atoms with van der Waals surface area (Å²) in [5.41, 5.74) is 7.30. The third-order valence-electron chi connectivity index (χ3n) is 1.54. The average Bonchev–Trinajstić information content (AvgIpc) is 2.05. The average molecular weight is 183 g/mol. The Balaban J connectivity index is 0.00000121. The van der Waals surface area contributed by atoms with Gasteiger partial charge in [-0.2, -0.15) is 5.26 Å². The SMILES string of the molecule is C[C@H](N)c1cccc(C#N)c1.Cl. The van der Waals surface area contributed by atoms with E-state index in [0.717, 1.165) is 5.56 Å². The molecular weight excluding hydrogens is 172 g/mol. The van der Waals surface area contributed by atoms with Crippen LogP contribution in [0.3, 0.4) is 0 Å². The third kappa shape index (κ3) is 2.54. The predicted molar refractivity (Wildman–Crippen MR) is 51.0 cm³/mol. The van der Waals surface area contributed by atoms with Crippen molar-refractivity contribution in [1.29, 1.82) is 5.26 Å². The standard InChI is InChI=1S/C9H10N2.ClH/c1-7(11)9-4-2-3-8(5-9)6-10;/h2-5,7H,11H2,1H3;1H/t7-;/m0./s1. The van der Waals surface area contributed by atoms with Crippen LogP contribution in [-0.4, -0.2) is 0 Å². The minimum Gasteiger partial charge on any atom is -0.324 e. The molecule has 1 aromatic carbocycles. The highest BCUT2D eigenvalue weighted by Crippen LogP contribution is 2.10. The molecule has 0 saturated heterocycles. The lowest BCUT2D eigenvalue weighted by Gasteiger charge is -2.03. The van der Waals surface area contributed by atoms with E-state index < -0.39 is 0 Å². The van der Waals surface area contributed by atoms with Crippen LogP contribution in [0.2, 0.25) is 0 Å². The minimum absolute atomic E-state index is 0. The number of hydrogen-bond donors (Lipinski definition) is 1. The molecule has 0 aliphatic rings. The summed E-state index contributed by atoms with van der Waals surface area (Å²) in [6, 6.07) is 9.42. The smallest absolute Gasteiger partial charge is 0.0991 e. The lowest BCUT2D eigenvalue weighted by Crippen LogP contribution is -2.04. The predicted octanol–water partition coefficient (Wildman–Crippen LogP) is 2.00. The molecule has 64 valence electrons. The highest BCUT2D eigenvalue weighted by molar-refractivity contribution is 5.85. The van der Waals surface area contributed by atoms with Gasteiger partial charge >= 0.3 is 0 Å². The second kappa shape index (κ2) is 4.76. The van der Waals surface area contributed by atoms with Gasteiger partial charge in [0, 0.05) is 6.04 Å². The topological polar surface area (TPSA) is 49.8 Å². The molecule has 3 heteroatoms. The largest absolute Gasteiger partial charge is 0.324 e. The maximum Gasteiger partial charge on any atom is 0.0991 e. The highest BCUT2D eigenvalue weighted by atomic mass is 35.5. The molecule has 0 aromatic heterocycles. The molecule has 0 aliphatic heterocycles. The highest BCUT2D eigenvalue weighted by Gasteiger charge is 1.98. The van der Waals surface area contributed by atoms with Crippen LogP contribution in [0.5, 0.6) is 0 Å². The number of halogens is 1. The van der Waals surface area contributed by atoms with E-state index in [2.05, 4.69) is 6.07 Å². The normalized spacial score (nSPS) is 11.1. The van der Waals surface area contributed by atoms with Gasteiger partial charge in [-0.05, 0) is 24.6 Å². The number of rotatable bonds is 1. The van der Waals surface area contributed by atoms with Gasteiger partial charge in [0.15, 0.2) is 0 Å². The van der Waals surface area contributed by atoms with Crippen LogP contribution in [0, 0.1) is 11.3 Å². The van der Waals surface area contributed by atoms with Crippen molar-refractivity contribution in [1.82, 2.24) is 0 Å². The second-order valence-corrected chi connectivity index (χ2v) is 2.53. The molecule has 1 aromatic rings. The van der Waals surface area contributed by atoms with E-state index in [1.54, 1.807) is 6.07 Å². The van der Waals surface area contributed by atoms with Crippen molar-refractivity contribution in [2.75, 3.05) is 0 Å². The maximum atomic E-state index is 8.55. The van der Waals surface area contributed by atoms with Crippen molar-refractivity contribution in [2.24, 2.45) is 5.73 Å². The fourth-order valence-electron chi connectivity index (χ4n) is 0.891. The molecule has 2 N–H and O–H groups in total. The van der Waals surface area contributed by atoms with Gasteiger partial charge in [-0.3, -0.25) is 0 Å². The van der Waals surface area contributed by atoms with Gasteiger partial charge in [0.1, 0.15) is 0 Å². The van der Waals surface area contributed by atoms with Crippen molar-refractivity contribution < 1.29 is 0 Å². The van der Waals surface area contributed by atoms with Crippen molar-refractivity contribution in [3.8, 4) is 6.07 Å². The third-order valence-corrected chi connectivity index (χ3v) is 1.54. The Bertz CT molecular complexity index is 289. The van der Waals surface area contributed by atoms with Gasteiger partial charge in [0.25, 0.3) is 0 Å². The Morgan fingerprint density at radius 1 is 1.50 bits per heavy atom. The lowest BCUT2D eigenvalue weighted by molar-refractivity contribution is 0.818. The fraction of sp³-hybridized carbons (Fsp3) is 0.222. The summed E-state index contributed by atoms with van der Waals surface area (Å²) in [7, 11) is 0. The fourth-order valence-corrected chi connectivity index (χ4v) is 0.891. The van der Waals surface area contributed by atoms with E-state index in [0.29, 0.717) is 5.56 Å². The van der Waals surface area contributed by atoms with Crippen LogP contribution < -0.4 is 5.73 Å². The van der Waals surface area contributed by atoms with Gasteiger partial charge in [0.2, 0.25) is 0 Å². The zero-order chi connectivity index (χ0) is 8.27. The Kier molecular flexibility index (Phi) is 4.35. The van der Waals surface area contributed by atoms with Crippen LogP contribution in [0.4, 0.5) is 0 Å². The summed E-state index contributed by atoms with van der Waals surface area (Å²) in [6.45, 7) is 1.90. The first-order valence-electron chi connectivity index (χ1n) is 3.49. The maximum absolute atomic E-state index is 8.55. The second-order valence-electron chi connectivity index (χ2n) is 2.53. The molecule has 2 nitrogen and oxygen atoms in total. The van der Waals surface area contributed by atoms with E-state index in [1.807, 2.05) is 25.1 Å². The molecular formula is C9H11ClN2.